The van der Waals surface area contributed by atoms with Gasteiger partial charge >= 0.3 is 0 Å². The zero-order valence-corrected chi connectivity index (χ0v) is 21.6. The first kappa shape index (κ1) is 25.4. The summed E-state index contributed by atoms with van der Waals surface area (Å²) in [5.41, 5.74) is 4.78. The Hall–Kier alpha value is -3.68. The first-order valence-electron chi connectivity index (χ1n) is 11.4. The monoisotopic (exact) mass is 519 g/mol. The van der Waals surface area contributed by atoms with E-state index in [2.05, 4.69) is 10.3 Å². The Morgan fingerprint density at radius 1 is 0.889 bits per heavy atom. The van der Waals surface area contributed by atoms with E-state index in [4.69, 9.17) is 11.6 Å². The molecule has 0 saturated heterocycles. The Bertz CT molecular complexity index is 1460. The summed E-state index contributed by atoms with van der Waals surface area (Å²) in [4.78, 5) is 17.2. The number of rotatable bonds is 8. The van der Waals surface area contributed by atoms with Crippen molar-refractivity contribution in [2.45, 2.75) is 25.2 Å². The fourth-order valence-corrected chi connectivity index (χ4v) is 5.52. The van der Waals surface area contributed by atoms with Crippen molar-refractivity contribution in [3.63, 3.8) is 0 Å². The second kappa shape index (κ2) is 10.9. The highest BCUT2D eigenvalue weighted by molar-refractivity contribution is 7.92. The molecule has 0 fully saturated rings. The van der Waals surface area contributed by atoms with Crippen molar-refractivity contribution in [1.29, 1.82) is 0 Å². The molecule has 0 unspecified atom stereocenters. The predicted molar refractivity (Wildman–Crippen MR) is 144 cm³/mol. The zero-order chi connectivity index (χ0) is 25.7. The van der Waals surface area contributed by atoms with Crippen LogP contribution in [0.5, 0.6) is 0 Å². The number of aryl methyl sites for hydroxylation is 2. The SMILES string of the molecule is Cc1ccc(S(=O)(=O)N(CC(=O)Nc2ccc(Cc3ccncc3)cc2)c2ccc(Cl)cc2C)cc1. The lowest BCUT2D eigenvalue weighted by molar-refractivity contribution is -0.114. The lowest BCUT2D eigenvalue weighted by Crippen LogP contribution is -2.38. The minimum absolute atomic E-state index is 0.107. The molecule has 1 amide bonds. The normalized spacial score (nSPS) is 11.2. The molecule has 1 aromatic heterocycles. The van der Waals surface area contributed by atoms with E-state index in [0.717, 1.165) is 27.4 Å². The van der Waals surface area contributed by atoms with Gasteiger partial charge in [-0.05, 0) is 91.6 Å². The molecule has 0 bridgehead atoms. The number of hydrogen-bond donors (Lipinski definition) is 1. The molecule has 3 aromatic carbocycles. The summed E-state index contributed by atoms with van der Waals surface area (Å²) >= 11 is 6.10. The Morgan fingerprint density at radius 2 is 1.53 bits per heavy atom. The lowest BCUT2D eigenvalue weighted by Gasteiger charge is -2.26. The van der Waals surface area contributed by atoms with Gasteiger partial charge in [0.25, 0.3) is 10.0 Å². The average Bonchev–Trinajstić information content (AvgIpc) is 2.85. The van der Waals surface area contributed by atoms with Crippen LogP contribution in [0.2, 0.25) is 5.02 Å². The molecule has 0 radical (unpaired) electrons. The summed E-state index contributed by atoms with van der Waals surface area (Å²) in [6.45, 7) is 3.25. The molecule has 4 aromatic rings. The maximum Gasteiger partial charge on any atom is 0.264 e. The van der Waals surface area contributed by atoms with Crippen LogP contribution in [-0.2, 0) is 21.2 Å². The van der Waals surface area contributed by atoms with Crippen molar-refractivity contribution in [3.05, 3.63) is 119 Å². The van der Waals surface area contributed by atoms with Crippen LogP contribution in [0.1, 0.15) is 22.3 Å². The Morgan fingerprint density at radius 3 is 2.17 bits per heavy atom. The zero-order valence-electron chi connectivity index (χ0n) is 20.0. The van der Waals surface area contributed by atoms with E-state index in [1.165, 1.54) is 0 Å². The van der Waals surface area contributed by atoms with E-state index >= 15 is 0 Å². The molecule has 0 saturated carbocycles. The number of amides is 1. The number of nitrogens with zero attached hydrogens (tertiary/aromatic N) is 2. The smallest absolute Gasteiger partial charge is 0.264 e. The summed E-state index contributed by atoms with van der Waals surface area (Å²) in [6.07, 6.45) is 4.25. The molecule has 36 heavy (non-hydrogen) atoms. The molecular weight excluding hydrogens is 494 g/mol. The second-order valence-corrected chi connectivity index (χ2v) is 10.8. The van der Waals surface area contributed by atoms with Gasteiger partial charge in [-0.15, -0.1) is 0 Å². The third kappa shape index (κ3) is 6.11. The summed E-state index contributed by atoms with van der Waals surface area (Å²) < 4.78 is 28.3. The summed E-state index contributed by atoms with van der Waals surface area (Å²) in [5, 5.41) is 3.30. The van der Waals surface area contributed by atoms with E-state index in [1.54, 1.807) is 73.9 Å². The number of hydrogen-bond acceptors (Lipinski definition) is 4. The number of carbonyl (C=O) groups is 1. The number of sulfonamides is 1. The third-order valence-electron chi connectivity index (χ3n) is 5.72. The predicted octanol–water partition coefficient (Wildman–Crippen LogP) is 5.78. The van der Waals surface area contributed by atoms with Crippen molar-refractivity contribution in [2.75, 3.05) is 16.2 Å². The van der Waals surface area contributed by atoms with Gasteiger partial charge in [0.1, 0.15) is 6.54 Å². The number of aromatic nitrogens is 1. The highest BCUT2D eigenvalue weighted by Gasteiger charge is 2.28. The number of nitrogens with one attached hydrogen (secondary N) is 1. The Labute approximate surface area is 216 Å². The molecule has 0 atom stereocenters. The summed E-state index contributed by atoms with van der Waals surface area (Å²) in [5.74, 6) is -0.457. The average molecular weight is 520 g/mol. The minimum Gasteiger partial charge on any atom is -0.325 e. The number of anilines is 2. The van der Waals surface area contributed by atoms with Crippen LogP contribution in [0, 0.1) is 13.8 Å². The van der Waals surface area contributed by atoms with E-state index in [1.807, 2.05) is 31.2 Å². The van der Waals surface area contributed by atoms with Gasteiger partial charge in [-0.1, -0.05) is 41.4 Å². The fourth-order valence-electron chi connectivity index (χ4n) is 3.81. The molecule has 1 N–H and O–H groups in total. The van der Waals surface area contributed by atoms with Gasteiger partial charge in [0.15, 0.2) is 0 Å². The van der Waals surface area contributed by atoms with E-state index in [9.17, 15) is 13.2 Å². The lowest BCUT2D eigenvalue weighted by atomic mass is 10.1. The van der Waals surface area contributed by atoms with Crippen LogP contribution in [0.3, 0.4) is 0 Å². The number of carbonyl (C=O) groups excluding carboxylic acids is 1. The van der Waals surface area contributed by atoms with Crippen LogP contribution < -0.4 is 9.62 Å². The quantitative estimate of drug-likeness (QED) is 0.320. The van der Waals surface area contributed by atoms with Gasteiger partial charge in [-0.2, -0.15) is 0 Å². The topological polar surface area (TPSA) is 79.4 Å². The van der Waals surface area contributed by atoms with Gasteiger partial charge in [-0.25, -0.2) is 8.42 Å². The molecule has 4 rings (SSSR count). The van der Waals surface area contributed by atoms with Crippen LogP contribution in [0.4, 0.5) is 11.4 Å². The summed E-state index contributed by atoms with van der Waals surface area (Å²) in [7, 11) is -4.01. The maximum atomic E-state index is 13.6. The standard InChI is InChI=1S/C28H26ClN3O3S/c1-20-3-10-26(11-4-20)36(34,35)32(27-12-7-24(29)17-21(27)2)19-28(33)31-25-8-5-22(6-9-25)18-23-13-15-30-16-14-23/h3-17H,18-19H2,1-2H3,(H,31,33). The number of pyridine rings is 1. The van der Waals surface area contributed by atoms with Gasteiger partial charge in [0.05, 0.1) is 10.6 Å². The van der Waals surface area contributed by atoms with Gasteiger partial charge in [-0.3, -0.25) is 14.1 Å². The minimum atomic E-state index is -4.01. The maximum absolute atomic E-state index is 13.6. The number of halogens is 1. The van der Waals surface area contributed by atoms with Crippen molar-refractivity contribution >= 4 is 38.9 Å². The number of benzene rings is 3. The van der Waals surface area contributed by atoms with E-state index in [-0.39, 0.29) is 4.90 Å². The highest BCUT2D eigenvalue weighted by atomic mass is 35.5. The Kier molecular flexibility index (Phi) is 7.72. The van der Waals surface area contributed by atoms with Crippen molar-refractivity contribution in [1.82, 2.24) is 4.98 Å². The van der Waals surface area contributed by atoms with Crippen LogP contribution in [-0.4, -0.2) is 25.9 Å². The first-order valence-corrected chi connectivity index (χ1v) is 13.2. The molecule has 1 heterocycles. The fraction of sp³-hybridized carbons (Fsp3) is 0.143. The molecule has 184 valence electrons. The first-order chi connectivity index (χ1) is 17.2. The molecule has 0 aliphatic heterocycles. The molecule has 6 nitrogen and oxygen atoms in total. The van der Waals surface area contributed by atoms with Crippen molar-refractivity contribution < 1.29 is 13.2 Å². The van der Waals surface area contributed by atoms with E-state index < -0.39 is 22.5 Å². The largest absolute Gasteiger partial charge is 0.325 e. The van der Waals surface area contributed by atoms with Gasteiger partial charge < -0.3 is 5.32 Å². The third-order valence-corrected chi connectivity index (χ3v) is 7.73. The van der Waals surface area contributed by atoms with Crippen molar-refractivity contribution in [2.24, 2.45) is 0 Å². The molecule has 0 spiro atoms. The molecular formula is C28H26ClN3O3S. The van der Waals surface area contributed by atoms with Crippen molar-refractivity contribution in [3.8, 4) is 0 Å². The van der Waals surface area contributed by atoms with Gasteiger partial charge in [0.2, 0.25) is 5.91 Å². The second-order valence-electron chi connectivity index (χ2n) is 8.53. The molecule has 0 aliphatic carbocycles. The molecule has 0 aliphatic rings. The van der Waals surface area contributed by atoms with E-state index in [0.29, 0.717) is 22.0 Å². The summed E-state index contributed by atoms with van der Waals surface area (Å²) in [6, 6.07) is 22.8. The van der Waals surface area contributed by atoms with Crippen LogP contribution in [0.15, 0.2) is 96.2 Å². The highest BCUT2D eigenvalue weighted by Crippen LogP contribution is 2.29. The van der Waals surface area contributed by atoms with Crippen LogP contribution in [0.25, 0.3) is 0 Å². The van der Waals surface area contributed by atoms with Crippen LogP contribution >= 0.6 is 11.6 Å². The molecule has 8 heteroatoms. The van der Waals surface area contributed by atoms with Gasteiger partial charge in [0, 0.05) is 23.1 Å². The Balaban J connectivity index is 1.55.